The van der Waals surface area contributed by atoms with Crippen LogP contribution in [0, 0.1) is 5.82 Å². The summed E-state index contributed by atoms with van der Waals surface area (Å²) in [6.07, 6.45) is 3.67. The van der Waals surface area contributed by atoms with Crippen LogP contribution < -0.4 is 0 Å². The first-order chi connectivity index (χ1) is 7.75. The van der Waals surface area contributed by atoms with Gasteiger partial charge in [0.2, 0.25) is 0 Å². The Morgan fingerprint density at radius 2 is 2.00 bits per heavy atom. The zero-order valence-corrected chi connectivity index (χ0v) is 9.70. The van der Waals surface area contributed by atoms with Crippen LogP contribution in [0.2, 0.25) is 0 Å². The molecule has 0 saturated carbocycles. The van der Waals surface area contributed by atoms with Crippen LogP contribution in [0.1, 0.15) is 0 Å². The van der Waals surface area contributed by atoms with Crippen LogP contribution in [-0.4, -0.2) is 14.8 Å². The van der Waals surface area contributed by atoms with Crippen LogP contribution >= 0.6 is 15.9 Å². The lowest BCUT2D eigenvalue weighted by Gasteiger charge is -2.02. The first kappa shape index (κ1) is 9.59. The Bertz CT molecular complexity index is 639. The molecular weight excluding hydrogens is 273 g/mol. The van der Waals surface area contributed by atoms with Gasteiger partial charge in [-0.25, -0.2) is 4.39 Å². The van der Waals surface area contributed by atoms with E-state index in [9.17, 15) is 4.39 Å². The van der Waals surface area contributed by atoms with Crippen LogP contribution in [-0.2, 0) is 0 Å². The molecule has 3 aromatic rings. The number of fused-ring (bicyclic) bond motifs is 1. The van der Waals surface area contributed by atoms with Gasteiger partial charge in [-0.2, -0.15) is 5.10 Å². The summed E-state index contributed by atoms with van der Waals surface area (Å²) in [5, 5.41) is 6.87. The second-order valence-electron chi connectivity index (χ2n) is 3.45. The average Bonchev–Trinajstić information content (AvgIpc) is 2.84. The van der Waals surface area contributed by atoms with Crippen LogP contribution in [0.3, 0.4) is 0 Å². The number of aromatic amines is 1. The molecule has 3 nitrogen and oxygen atoms in total. The highest BCUT2D eigenvalue weighted by Crippen LogP contribution is 2.26. The van der Waals surface area contributed by atoms with E-state index in [4.69, 9.17) is 0 Å². The molecule has 0 aliphatic heterocycles. The molecule has 5 heteroatoms. The molecule has 0 fully saturated rings. The highest BCUT2D eigenvalue weighted by atomic mass is 79.9. The molecule has 16 heavy (non-hydrogen) atoms. The summed E-state index contributed by atoms with van der Waals surface area (Å²) in [7, 11) is 0. The minimum absolute atomic E-state index is 0.238. The summed E-state index contributed by atoms with van der Waals surface area (Å²) in [6.45, 7) is 0. The van der Waals surface area contributed by atoms with Gasteiger partial charge >= 0.3 is 0 Å². The summed E-state index contributed by atoms with van der Waals surface area (Å²) in [5.74, 6) is -0.238. The second-order valence-corrected chi connectivity index (χ2v) is 4.31. The Morgan fingerprint density at radius 3 is 2.75 bits per heavy atom. The maximum Gasteiger partial charge on any atom is 0.123 e. The van der Waals surface area contributed by atoms with Gasteiger partial charge in [-0.1, -0.05) is 0 Å². The lowest BCUT2D eigenvalue weighted by atomic mass is 10.3. The Kier molecular flexibility index (Phi) is 2.07. The number of H-pyrrole nitrogens is 1. The van der Waals surface area contributed by atoms with Crippen molar-refractivity contribution >= 4 is 27.0 Å². The van der Waals surface area contributed by atoms with E-state index in [-0.39, 0.29) is 5.82 Å². The predicted molar refractivity (Wildman–Crippen MR) is 63.1 cm³/mol. The van der Waals surface area contributed by atoms with Crippen molar-refractivity contribution in [1.29, 1.82) is 0 Å². The monoisotopic (exact) mass is 279 g/mol. The van der Waals surface area contributed by atoms with Crippen molar-refractivity contribution in [2.75, 3.05) is 0 Å². The number of hydrogen-bond donors (Lipinski definition) is 1. The Morgan fingerprint density at radius 1 is 1.25 bits per heavy atom. The molecular formula is C11H7BrFN3. The van der Waals surface area contributed by atoms with Crippen LogP contribution in [0.15, 0.2) is 41.1 Å². The van der Waals surface area contributed by atoms with Gasteiger partial charge in [0.1, 0.15) is 5.82 Å². The summed E-state index contributed by atoms with van der Waals surface area (Å²) in [6, 6.07) is 6.34. The first-order valence-electron chi connectivity index (χ1n) is 4.71. The van der Waals surface area contributed by atoms with E-state index >= 15 is 0 Å². The van der Waals surface area contributed by atoms with Gasteiger partial charge in [-0.3, -0.25) is 5.10 Å². The topological polar surface area (TPSA) is 33.6 Å². The maximum absolute atomic E-state index is 12.8. The standard InChI is InChI=1S/C11H7BrFN3/c12-9-6-16(10-5-14-15-11(9)10)8-3-1-7(13)2-4-8/h1-6H,(H,14,15). The normalized spacial score (nSPS) is 11.1. The van der Waals surface area contributed by atoms with E-state index in [1.165, 1.54) is 12.1 Å². The summed E-state index contributed by atoms with van der Waals surface area (Å²) in [4.78, 5) is 0. The minimum atomic E-state index is -0.238. The lowest BCUT2D eigenvalue weighted by molar-refractivity contribution is 0.627. The zero-order chi connectivity index (χ0) is 11.1. The molecule has 0 bridgehead atoms. The fourth-order valence-electron chi connectivity index (χ4n) is 1.70. The van der Waals surface area contributed by atoms with Crippen molar-refractivity contribution in [3.63, 3.8) is 0 Å². The van der Waals surface area contributed by atoms with Crippen molar-refractivity contribution in [2.45, 2.75) is 0 Å². The molecule has 0 radical (unpaired) electrons. The van der Waals surface area contributed by atoms with Crippen LogP contribution in [0.5, 0.6) is 0 Å². The number of rotatable bonds is 1. The van der Waals surface area contributed by atoms with Gasteiger partial charge in [0.15, 0.2) is 0 Å². The van der Waals surface area contributed by atoms with Crippen molar-refractivity contribution in [2.24, 2.45) is 0 Å². The van der Waals surface area contributed by atoms with Crippen molar-refractivity contribution < 1.29 is 4.39 Å². The second kappa shape index (κ2) is 3.45. The Labute approximate surface area is 99.0 Å². The van der Waals surface area contributed by atoms with Crippen LogP contribution in [0.4, 0.5) is 4.39 Å². The maximum atomic E-state index is 12.8. The van der Waals surface area contributed by atoms with Crippen molar-refractivity contribution in [1.82, 2.24) is 14.8 Å². The SMILES string of the molecule is Fc1ccc(-n2cc(Br)c3[nH]ncc32)cc1. The van der Waals surface area contributed by atoms with E-state index in [1.54, 1.807) is 18.3 Å². The number of nitrogens with zero attached hydrogens (tertiary/aromatic N) is 2. The van der Waals surface area contributed by atoms with E-state index in [0.29, 0.717) is 0 Å². The summed E-state index contributed by atoms with van der Waals surface area (Å²) in [5.41, 5.74) is 2.79. The lowest BCUT2D eigenvalue weighted by Crippen LogP contribution is -1.90. The number of hydrogen-bond acceptors (Lipinski definition) is 1. The van der Waals surface area contributed by atoms with Gasteiger partial charge in [-0.05, 0) is 40.2 Å². The van der Waals surface area contributed by atoms with E-state index in [2.05, 4.69) is 26.1 Å². The van der Waals surface area contributed by atoms with E-state index in [1.807, 2.05) is 10.8 Å². The third kappa shape index (κ3) is 1.36. The molecule has 0 spiro atoms. The largest absolute Gasteiger partial charge is 0.313 e. The number of nitrogens with one attached hydrogen (secondary N) is 1. The van der Waals surface area contributed by atoms with Crippen molar-refractivity contribution in [3.8, 4) is 5.69 Å². The molecule has 0 saturated heterocycles. The number of halogens is 2. The molecule has 2 aromatic heterocycles. The summed E-state index contributed by atoms with van der Waals surface area (Å²) >= 11 is 3.44. The molecule has 1 N–H and O–H groups in total. The van der Waals surface area contributed by atoms with E-state index in [0.717, 1.165) is 21.2 Å². The van der Waals surface area contributed by atoms with Gasteiger partial charge in [-0.15, -0.1) is 0 Å². The van der Waals surface area contributed by atoms with Gasteiger partial charge in [0, 0.05) is 11.9 Å². The highest BCUT2D eigenvalue weighted by Gasteiger charge is 2.09. The Balaban J connectivity index is 2.25. The van der Waals surface area contributed by atoms with Crippen LogP contribution in [0.25, 0.3) is 16.7 Å². The molecule has 1 aromatic carbocycles. The van der Waals surface area contributed by atoms with Gasteiger partial charge in [0.05, 0.1) is 21.7 Å². The molecule has 0 unspecified atom stereocenters. The predicted octanol–water partition coefficient (Wildman–Crippen LogP) is 3.26. The molecule has 2 heterocycles. The smallest absolute Gasteiger partial charge is 0.123 e. The first-order valence-corrected chi connectivity index (χ1v) is 5.51. The molecule has 0 aliphatic rings. The third-order valence-electron chi connectivity index (χ3n) is 2.46. The van der Waals surface area contributed by atoms with Gasteiger partial charge in [0.25, 0.3) is 0 Å². The molecule has 0 amide bonds. The molecule has 0 aliphatic carbocycles. The van der Waals surface area contributed by atoms with Gasteiger partial charge < -0.3 is 4.57 Å². The fourth-order valence-corrected chi connectivity index (χ4v) is 2.20. The summed E-state index contributed by atoms with van der Waals surface area (Å²) < 4.78 is 15.7. The third-order valence-corrected chi connectivity index (χ3v) is 3.07. The molecule has 80 valence electrons. The minimum Gasteiger partial charge on any atom is -0.313 e. The number of aromatic nitrogens is 3. The van der Waals surface area contributed by atoms with Crippen molar-refractivity contribution in [3.05, 3.63) is 46.9 Å². The molecule has 3 rings (SSSR count). The van der Waals surface area contributed by atoms with E-state index < -0.39 is 0 Å². The highest BCUT2D eigenvalue weighted by molar-refractivity contribution is 9.10. The Hall–Kier alpha value is -1.62. The quantitative estimate of drug-likeness (QED) is 0.729. The average molecular weight is 280 g/mol. The number of benzene rings is 1. The zero-order valence-electron chi connectivity index (χ0n) is 8.11. The molecule has 0 atom stereocenters. The fraction of sp³-hybridized carbons (Fsp3) is 0.